The quantitative estimate of drug-likeness (QED) is 0.261. The van der Waals surface area contributed by atoms with Gasteiger partial charge < -0.3 is 14.8 Å². The van der Waals surface area contributed by atoms with Gasteiger partial charge in [0, 0.05) is 11.8 Å². The maximum Gasteiger partial charge on any atom is 0.418 e. The Morgan fingerprint density at radius 2 is 1.85 bits per heavy atom. The van der Waals surface area contributed by atoms with Crippen LogP contribution >= 0.6 is 15.9 Å². The second-order valence-corrected chi connectivity index (χ2v) is 9.70. The normalized spacial score (nSPS) is 12.7. The molecule has 34 heavy (non-hydrogen) atoms. The van der Waals surface area contributed by atoms with Crippen LogP contribution in [0, 0.1) is 5.41 Å². The van der Waals surface area contributed by atoms with Crippen molar-refractivity contribution >= 4 is 42.9 Å². The van der Waals surface area contributed by atoms with Crippen molar-refractivity contribution in [3.8, 4) is 11.5 Å². The number of rotatable bonds is 7. The van der Waals surface area contributed by atoms with E-state index >= 15 is 0 Å². The summed E-state index contributed by atoms with van der Waals surface area (Å²) in [6.07, 6.45) is -3.67. The SMILES string of the molecule is C=C(O)C(=N)/C(Br)=C(\Nc1ccccc1C(F)(F)F)c1nnc(-c2cccc(S(C)(=O)=O)c2)o1. The van der Waals surface area contributed by atoms with Crippen LogP contribution in [0.2, 0.25) is 0 Å². The van der Waals surface area contributed by atoms with Crippen molar-refractivity contribution in [2.45, 2.75) is 11.1 Å². The van der Waals surface area contributed by atoms with Gasteiger partial charge in [0.25, 0.3) is 5.89 Å². The largest absolute Gasteiger partial charge is 0.506 e. The Morgan fingerprint density at radius 1 is 1.18 bits per heavy atom. The van der Waals surface area contributed by atoms with Gasteiger partial charge in [-0.15, -0.1) is 10.2 Å². The average Bonchev–Trinajstić information content (AvgIpc) is 3.25. The standard InChI is InChI=1S/C21H16BrF3N4O4S/c1-11(30)17(26)16(22)18(27-15-9-4-3-8-14(15)21(23,24)25)20-29-28-19(33-20)12-6-5-7-13(10-12)34(2,31)32/h3-10,26-27,30H,1H2,2H3/b18-16+,26-17?. The summed E-state index contributed by atoms with van der Waals surface area (Å²) >= 11 is 3.07. The van der Waals surface area contributed by atoms with E-state index in [0.29, 0.717) is 0 Å². The molecule has 2 aromatic carbocycles. The molecule has 0 spiro atoms. The maximum atomic E-state index is 13.5. The van der Waals surface area contributed by atoms with E-state index in [4.69, 9.17) is 9.83 Å². The highest BCUT2D eigenvalue weighted by atomic mass is 79.9. The predicted molar refractivity (Wildman–Crippen MR) is 123 cm³/mol. The molecule has 0 bridgehead atoms. The number of aliphatic hydroxyl groups is 1. The highest BCUT2D eigenvalue weighted by Gasteiger charge is 2.34. The molecular formula is C21H16BrF3N4O4S. The molecule has 3 N–H and O–H groups in total. The molecule has 0 saturated heterocycles. The number of alkyl halides is 3. The third-order valence-electron chi connectivity index (χ3n) is 4.37. The first-order chi connectivity index (χ1) is 15.8. The highest BCUT2D eigenvalue weighted by Crippen LogP contribution is 2.37. The first-order valence-corrected chi connectivity index (χ1v) is 11.9. The van der Waals surface area contributed by atoms with E-state index < -0.39 is 33.0 Å². The van der Waals surface area contributed by atoms with Crippen molar-refractivity contribution in [1.29, 1.82) is 5.41 Å². The molecule has 0 aliphatic heterocycles. The number of allylic oxidation sites excluding steroid dienone is 1. The molecule has 0 radical (unpaired) electrons. The first-order valence-electron chi connectivity index (χ1n) is 9.23. The first kappa shape index (κ1) is 25.2. The Balaban J connectivity index is 2.13. The molecule has 13 heteroatoms. The Bertz CT molecular complexity index is 1420. The van der Waals surface area contributed by atoms with Crippen LogP contribution in [-0.2, 0) is 16.0 Å². The molecule has 1 aromatic heterocycles. The number of aromatic nitrogens is 2. The van der Waals surface area contributed by atoms with Crippen LogP contribution in [0.4, 0.5) is 18.9 Å². The van der Waals surface area contributed by atoms with E-state index in [1.807, 2.05) is 0 Å². The predicted octanol–water partition coefficient (Wildman–Crippen LogP) is 5.43. The molecule has 3 aromatic rings. The summed E-state index contributed by atoms with van der Waals surface area (Å²) in [6.45, 7) is 3.24. The molecule has 0 unspecified atom stereocenters. The molecule has 178 valence electrons. The Labute approximate surface area is 200 Å². The minimum absolute atomic E-state index is 0.00252. The van der Waals surface area contributed by atoms with E-state index in [9.17, 15) is 26.7 Å². The zero-order valence-electron chi connectivity index (χ0n) is 17.3. The number of hydrogen-bond donors (Lipinski definition) is 3. The van der Waals surface area contributed by atoms with Gasteiger partial charge in [0.2, 0.25) is 5.89 Å². The summed E-state index contributed by atoms with van der Waals surface area (Å²) in [5.74, 6) is -1.14. The second kappa shape index (κ2) is 9.43. The number of hydrogen-bond acceptors (Lipinski definition) is 8. The van der Waals surface area contributed by atoms with Gasteiger partial charge in [-0.25, -0.2) is 8.42 Å². The Morgan fingerprint density at radius 3 is 2.47 bits per heavy atom. The lowest BCUT2D eigenvalue weighted by molar-refractivity contribution is -0.136. The molecule has 0 aliphatic rings. The van der Waals surface area contributed by atoms with Crippen molar-refractivity contribution in [2.24, 2.45) is 0 Å². The van der Waals surface area contributed by atoms with Crippen LogP contribution in [0.25, 0.3) is 17.2 Å². The molecule has 0 aliphatic carbocycles. The summed E-state index contributed by atoms with van der Waals surface area (Å²) in [6, 6.07) is 10.3. The average molecular weight is 557 g/mol. The maximum absolute atomic E-state index is 13.5. The zero-order chi connectivity index (χ0) is 25.3. The molecule has 0 amide bonds. The van der Waals surface area contributed by atoms with Gasteiger partial charge in [-0.1, -0.05) is 24.8 Å². The van der Waals surface area contributed by atoms with Crippen LogP contribution in [0.15, 0.2) is 74.7 Å². The summed E-state index contributed by atoms with van der Waals surface area (Å²) in [7, 11) is -3.53. The molecule has 0 fully saturated rings. The van der Waals surface area contributed by atoms with Gasteiger partial charge in [0.1, 0.15) is 17.2 Å². The number of nitrogens with zero attached hydrogens (tertiary/aromatic N) is 2. The number of nitrogens with one attached hydrogen (secondary N) is 2. The Hall–Kier alpha value is -3.45. The summed E-state index contributed by atoms with van der Waals surface area (Å²) < 4.78 is 69.5. The van der Waals surface area contributed by atoms with Crippen LogP contribution in [0.3, 0.4) is 0 Å². The summed E-state index contributed by atoms with van der Waals surface area (Å²) in [5, 5.41) is 27.8. The molecule has 1 heterocycles. The van der Waals surface area contributed by atoms with E-state index in [2.05, 4.69) is 38.0 Å². The minimum Gasteiger partial charge on any atom is -0.506 e. The van der Waals surface area contributed by atoms with Gasteiger partial charge >= 0.3 is 6.18 Å². The lowest BCUT2D eigenvalue weighted by atomic mass is 10.1. The number of halogens is 4. The van der Waals surface area contributed by atoms with Crippen molar-refractivity contribution in [2.75, 3.05) is 11.6 Å². The lowest BCUT2D eigenvalue weighted by Gasteiger charge is -2.16. The van der Waals surface area contributed by atoms with Crippen molar-refractivity contribution < 1.29 is 31.1 Å². The van der Waals surface area contributed by atoms with Crippen molar-refractivity contribution in [3.05, 3.63) is 76.8 Å². The summed E-state index contributed by atoms with van der Waals surface area (Å²) in [5.41, 5.74) is -1.94. The number of sulfone groups is 1. The van der Waals surface area contributed by atoms with Crippen LogP contribution in [0.5, 0.6) is 0 Å². The summed E-state index contributed by atoms with van der Waals surface area (Å²) in [4.78, 5) is -0.00252. The number of anilines is 1. The van der Waals surface area contributed by atoms with Gasteiger partial charge in [-0.2, -0.15) is 13.2 Å². The fourth-order valence-corrected chi connectivity index (χ4v) is 3.89. The van der Waals surface area contributed by atoms with Crippen LogP contribution in [-0.4, -0.2) is 35.7 Å². The van der Waals surface area contributed by atoms with Crippen LogP contribution < -0.4 is 5.32 Å². The van der Waals surface area contributed by atoms with Gasteiger partial charge in [-0.05, 0) is 46.3 Å². The third-order valence-corrected chi connectivity index (χ3v) is 6.27. The fraction of sp³-hybridized carbons (Fsp3) is 0.0952. The van der Waals surface area contributed by atoms with Crippen LogP contribution in [0.1, 0.15) is 11.5 Å². The van der Waals surface area contributed by atoms with E-state index in [1.165, 1.54) is 36.4 Å². The Kier molecular flexibility index (Phi) is 6.98. The van der Waals surface area contributed by atoms with Crippen molar-refractivity contribution in [1.82, 2.24) is 10.2 Å². The smallest absolute Gasteiger partial charge is 0.418 e. The van der Waals surface area contributed by atoms with E-state index in [0.717, 1.165) is 18.4 Å². The third kappa shape index (κ3) is 5.54. The second-order valence-electron chi connectivity index (χ2n) is 6.89. The zero-order valence-corrected chi connectivity index (χ0v) is 19.7. The van der Waals surface area contributed by atoms with Crippen molar-refractivity contribution in [3.63, 3.8) is 0 Å². The van der Waals surface area contributed by atoms with E-state index in [1.54, 1.807) is 0 Å². The lowest BCUT2D eigenvalue weighted by Crippen LogP contribution is -2.13. The highest BCUT2D eigenvalue weighted by molar-refractivity contribution is 9.12. The van der Waals surface area contributed by atoms with E-state index in [-0.39, 0.29) is 38.1 Å². The minimum atomic E-state index is -4.69. The van der Waals surface area contributed by atoms with Gasteiger partial charge in [0.15, 0.2) is 9.84 Å². The van der Waals surface area contributed by atoms with Gasteiger partial charge in [0.05, 0.1) is 20.6 Å². The number of aliphatic hydroxyl groups excluding tert-OH is 1. The monoisotopic (exact) mass is 556 g/mol. The number of para-hydroxylation sites is 1. The molecule has 0 atom stereocenters. The number of benzene rings is 2. The fourth-order valence-electron chi connectivity index (χ4n) is 2.73. The molecule has 8 nitrogen and oxygen atoms in total. The molecule has 0 saturated carbocycles. The molecular weight excluding hydrogens is 541 g/mol. The molecule has 3 rings (SSSR count). The topological polar surface area (TPSA) is 129 Å². The van der Waals surface area contributed by atoms with Gasteiger partial charge in [-0.3, -0.25) is 5.41 Å².